The summed E-state index contributed by atoms with van der Waals surface area (Å²) in [5, 5.41) is 2.90. The fourth-order valence-electron chi connectivity index (χ4n) is 5.48. The van der Waals surface area contributed by atoms with Crippen LogP contribution in [0.1, 0.15) is 39.3 Å². The number of likely N-dealkylation sites (N-methyl/N-ethyl adjacent to an activating group) is 1. The van der Waals surface area contributed by atoms with Gasteiger partial charge in [-0.3, -0.25) is 9.59 Å². The summed E-state index contributed by atoms with van der Waals surface area (Å²) in [6.45, 7) is 4.58. The number of hydrogen-bond donors (Lipinski definition) is 2. The van der Waals surface area contributed by atoms with Crippen molar-refractivity contribution < 1.29 is 22.4 Å². The van der Waals surface area contributed by atoms with Crippen LogP contribution in [0.25, 0.3) is 22.8 Å². The summed E-state index contributed by atoms with van der Waals surface area (Å²) < 4.78 is 37.9. The number of rotatable bonds is 7. The molecule has 2 N–H and O–H groups in total. The fourth-order valence-corrected chi connectivity index (χ4v) is 6.15. The van der Waals surface area contributed by atoms with Crippen LogP contribution in [0.2, 0.25) is 0 Å². The Balaban J connectivity index is 1.60. The van der Waals surface area contributed by atoms with Crippen molar-refractivity contribution >= 4 is 39.0 Å². The van der Waals surface area contributed by atoms with Crippen LogP contribution in [-0.2, 0) is 21.1 Å². The molecule has 2 aromatic carbocycles. The van der Waals surface area contributed by atoms with E-state index in [9.17, 15) is 22.4 Å². The minimum atomic E-state index is -3.19. The number of H-pyrrole nitrogens is 1. The summed E-state index contributed by atoms with van der Waals surface area (Å²) in [4.78, 5) is 34.3. The number of aromatic nitrogens is 1. The Labute approximate surface area is 233 Å². The molecule has 1 saturated heterocycles. The number of aromatic amines is 1. The summed E-state index contributed by atoms with van der Waals surface area (Å²) in [5.41, 5.74) is 5.49. The number of nitrogens with one attached hydrogen (secondary N) is 2. The topological polar surface area (TPSA) is 103 Å². The number of anilines is 1. The van der Waals surface area contributed by atoms with Crippen molar-refractivity contribution in [1.29, 1.82) is 0 Å². The van der Waals surface area contributed by atoms with Crippen LogP contribution in [0.4, 0.5) is 10.1 Å². The summed E-state index contributed by atoms with van der Waals surface area (Å²) >= 11 is 0. The lowest BCUT2D eigenvalue weighted by molar-refractivity contribution is -0.110. The lowest BCUT2D eigenvalue weighted by atomic mass is 9.93. The van der Waals surface area contributed by atoms with Gasteiger partial charge in [0, 0.05) is 55.1 Å². The van der Waals surface area contributed by atoms with E-state index in [1.54, 1.807) is 24.3 Å². The number of aryl methyl sites for hydroxylation is 1. The third kappa shape index (κ3) is 5.73. The van der Waals surface area contributed by atoms with Crippen LogP contribution in [0.15, 0.2) is 42.5 Å². The monoisotopic (exact) mass is 564 g/mol. The summed E-state index contributed by atoms with van der Waals surface area (Å²) in [6, 6.07) is 11.7. The minimum absolute atomic E-state index is 0.0115. The van der Waals surface area contributed by atoms with Gasteiger partial charge in [-0.25, -0.2) is 12.8 Å². The molecule has 210 valence electrons. The molecule has 2 aliphatic heterocycles. The van der Waals surface area contributed by atoms with Crippen LogP contribution in [0.5, 0.6) is 0 Å². The Bertz CT molecular complexity index is 1620. The van der Waals surface area contributed by atoms with E-state index < -0.39 is 9.84 Å². The Kier molecular flexibility index (Phi) is 7.65. The number of nitrogens with zero attached hydrogens (tertiary/aromatic N) is 2. The molecule has 3 aromatic rings. The summed E-state index contributed by atoms with van der Waals surface area (Å²) in [7, 11) is -1.17. The Morgan fingerprint density at radius 3 is 2.52 bits per heavy atom. The molecule has 0 radical (unpaired) electrons. The maximum atomic E-state index is 14.1. The van der Waals surface area contributed by atoms with Crippen LogP contribution < -0.4 is 5.32 Å². The number of carbonyl (C=O) groups excluding carboxylic acids is 2. The highest BCUT2D eigenvalue weighted by Gasteiger charge is 2.30. The van der Waals surface area contributed by atoms with Gasteiger partial charge < -0.3 is 20.1 Å². The SMILES string of the molecule is Cc1[nH]c(/C=C2\C(=O)Nc3cccc(-c4cccc(F)c4)c32)c(CCCS(C)(=O)=O)c1C(=O)N1CCN(C)CC1. The molecule has 1 aromatic heterocycles. The zero-order chi connectivity index (χ0) is 28.6. The normalized spacial score (nSPS) is 16.9. The van der Waals surface area contributed by atoms with E-state index in [1.165, 1.54) is 18.4 Å². The van der Waals surface area contributed by atoms with E-state index in [4.69, 9.17) is 0 Å². The number of benzene rings is 2. The van der Waals surface area contributed by atoms with Crippen molar-refractivity contribution in [2.75, 3.05) is 50.6 Å². The second-order valence-electron chi connectivity index (χ2n) is 10.6. The molecule has 3 heterocycles. The molecule has 8 nitrogen and oxygen atoms in total. The molecular weight excluding hydrogens is 531 g/mol. The highest BCUT2D eigenvalue weighted by atomic mass is 32.2. The van der Waals surface area contributed by atoms with Gasteiger partial charge in [0.2, 0.25) is 0 Å². The van der Waals surface area contributed by atoms with Gasteiger partial charge in [-0.1, -0.05) is 24.3 Å². The van der Waals surface area contributed by atoms with Crippen molar-refractivity contribution in [3.05, 3.63) is 76.4 Å². The van der Waals surface area contributed by atoms with E-state index in [-0.39, 0.29) is 23.4 Å². The number of carbonyl (C=O) groups is 2. The standard InChI is InChI=1S/C30H33FN4O4S/c1-19-27(30(37)35-14-12-34(2)13-15-35)23(10-6-16-40(3,38)39)26(32-19)18-24-28-22(20-7-4-8-21(31)17-20)9-5-11-25(28)33-29(24)36/h4-5,7-9,11,17-18,32H,6,10,12-16H2,1-3H3,(H,33,36)/b24-18-. The van der Waals surface area contributed by atoms with Gasteiger partial charge >= 0.3 is 0 Å². The second kappa shape index (κ2) is 11.0. The lowest BCUT2D eigenvalue weighted by Gasteiger charge is -2.32. The first-order valence-corrected chi connectivity index (χ1v) is 15.4. The number of amides is 2. The number of sulfone groups is 1. The maximum absolute atomic E-state index is 14.1. The van der Waals surface area contributed by atoms with Crippen LogP contribution in [0.3, 0.4) is 0 Å². The van der Waals surface area contributed by atoms with E-state index in [2.05, 4.69) is 15.2 Å². The molecule has 0 spiro atoms. The van der Waals surface area contributed by atoms with Crippen LogP contribution in [0, 0.1) is 12.7 Å². The Morgan fingerprint density at radius 2 is 1.82 bits per heavy atom. The van der Waals surface area contributed by atoms with Gasteiger partial charge in [-0.2, -0.15) is 0 Å². The van der Waals surface area contributed by atoms with Crippen LogP contribution in [-0.4, -0.2) is 80.3 Å². The number of fused-ring (bicyclic) bond motifs is 1. The quantitative estimate of drug-likeness (QED) is 0.423. The van der Waals surface area contributed by atoms with Gasteiger partial charge in [0.25, 0.3) is 11.8 Å². The molecule has 40 heavy (non-hydrogen) atoms. The van der Waals surface area contributed by atoms with Gasteiger partial charge in [0.05, 0.1) is 16.9 Å². The van der Waals surface area contributed by atoms with Gasteiger partial charge in [-0.15, -0.1) is 0 Å². The molecule has 10 heteroatoms. The Hall–Kier alpha value is -3.76. The predicted molar refractivity (Wildman–Crippen MR) is 155 cm³/mol. The van der Waals surface area contributed by atoms with Crippen LogP contribution >= 0.6 is 0 Å². The highest BCUT2D eigenvalue weighted by molar-refractivity contribution is 7.90. The predicted octanol–water partition coefficient (Wildman–Crippen LogP) is 3.99. The van der Waals surface area contributed by atoms with E-state index in [0.29, 0.717) is 76.4 Å². The molecule has 1 fully saturated rings. The molecule has 0 atom stereocenters. The third-order valence-corrected chi connectivity index (χ3v) is 8.55. The zero-order valence-electron chi connectivity index (χ0n) is 22.9. The first-order valence-electron chi connectivity index (χ1n) is 13.3. The molecule has 0 bridgehead atoms. The second-order valence-corrected chi connectivity index (χ2v) is 12.9. The lowest BCUT2D eigenvalue weighted by Crippen LogP contribution is -2.47. The largest absolute Gasteiger partial charge is 0.358 e. The molecule has 0 unspecified atom stereocenters. The van der Waals surface area contributed by atoms with Gasteiger partial charge in [0.15, 0.2) is 0 Å². The summed E-state index contributed by atoms with van der Waals surface area (Å²) in [6.07, 6.45) is 3.62. The maximum Gasteiger partial charge on any atom is 0.256 e. The van der Waals surface area contributed by atoms with Crippen molar-refractivity contribution in [2.45, 2.75) is 19.8 Å². The smallest absolute Gasteiger partial charge is 0.256 e. The molecule has 5 rings (SSSR count). The average Bonchev–Trinajstić information content (AvgIpc) is 3.38. The minimum Gasteiger partial charge on any atom is -0.358 e. The van der Waals surface area contributed by atoms with Crippen molar-refractivity contribution in [1.82, 2.24) is 14.8 Å². The van der Waals surface area contributed by atoms with Crippen molar-refractivity contribution in [3.63, 3.8) is 0 Å². The highest BCUT2D eigenvalue weighted by Crippen LogP contribution is 2.41. The van der Waals surface area contributed by atoms with E-state index in [1.807, 2.05) is 31.0 Å². The number of hydrogen-bond acceptors (Lipinski definition) is 5. The Morgan fingerprint density at radius 1 is 1.10 bits per heavy atom. The first kappa shape index (κ1) is 27.8. The van der Waals surface area contributed by atoms with Crippen molar-refractivity contribution in [2.24, 2.45) is 0 Å². The molecule has 0 saturated carbocycles. The molecule has 2 aliphatic rings. The molecular formula is C30H33FN4O4S. The molecule has 0 aliphatic carbocycles. The third-order valence-electron chi connectivity index (χ3n) is 7.52. The average molecular weight is 565 g/mol. The fraction of sp³-hybridized carbons (Fsp3) is 0.333. The molecule has 2 amide bonds. The van der Waals surface area contributed by atoms with E-state index in [0.717, 1.165) is 13.1 Å². The van der Waals surface area contributed by atoms with Crippen molar-refractivity contribution in [3.8, 4) is 11.1 Å². The first-order chi connectivity index (χ1) is 19.0. The summed E-state index contributed by atoms with van der Waals surface area (Å²) in [5.74, 6) is -0.793. The van der Waals surface area contributed by atoms with E-state index >= 15 is 0 Å². The zero-order valence-corrected chi connectivity index (χ0v) is 23.7. The van der Waals surface area contributed by atoms with Gasteiger partial charge in [-0.05, 0) is 67.8 Å². The number of piperazine rings is 1. The van der Waals surface area contributed by atoms with Gasteiger partial charge in [0.1, 0.15) is 15.7 Å². The number of halogens is 1.